The van der Waals surface area contributed by atoms with Crippen LogP contribution in [0.5, 0.6) is 0 Å². The zero-order valence-corrected chi connectivity index (χ0v) is 19.3. The van der Waals surface area contributed by atoms with Crippen molar-refractivity contribution >= 4 is 18.1 Å². The molecular weight excluding hydrogens is 380 g/mol. The van der Waals surface area contributed by atoms with Crippen LogP contribution in [0.2, 0.25) is 0 Å². The van der Waals surface area contributed by atoms with Crippen molar-refractivity contribution in [2.24, 2.45) is 17.8 Å². The van der Waals surface area contributed by atoms with Crippen LogP contribution in [0.15, 0.2) is 0 Å². The Hall–Kier alpha value is 0.516. The molecule has 4 rings (SSSR count). The van der Waals surface area contributed by atoms with Gasteiger partial charge < -0.3 is 0 Å². The van der Waals surface area contributed by atoms with Crippen molar-refractivity contribution in [2.45, 2.75) is 121 Å². The summed E-state index contributed by atoms with van der Waals surface area (Å²) < 4.78 is 12.8. The monoisotopic (exact) mass is 418 g/mol. The molecule has 0 spiro atoms. The molecular formula is C22H39GaNO2. The molecule has 3 aliphatic carbocycles. The molecule has 0 aromatic carbocycles. The summed E-state index contributed by atoms with van der Waals surface area (Å²) >= 11 is -0.990. The average Bonchev–Trinajstić information content (AvgIpc) is 2.69. The molecule has 0 amide bonds. The summed E-state index contributed by atoms with van der Waals surface area (Å²) in [4.78, 5) is 0. The second-order valence-electron chi connectivity index (χ2n) is 9.70. The molecule has 1 aliphatic heterocycles. The number of rotatable bonds is 5. The van der Waals surface area contributed by atoms with Crippen LogP contribution in [0.25, 0.3) is 0 Å². The molecule has 3 nitrogen and oxygen atoms in total. The van der Waals surface area contributed by atoms with Crippen LogP contribution in [-0.2, 0) is 7.06 Å². The van der Waals surface area contributed by atoms with E-state index < -0.39 is 18.1 Å². The first-order chi connectivity index (χ1) is 12.8. The zero-order chi connectivity index (χ0) is 17.8. The number of hydrogen-bond donors (Lipinski definition) is 1. The van der Waals surface area contributed by atoms with Crippen LogP contribution >= 0.6 is 0 Å². The van der Waals surface area contributed by atoms with Crippen LogP contribution in [0.1, 0.15) is 96.8 Å². The molecule has 0 aromatic rings. The van der Waals surface area contributed by atoms with Gasteiger partial charge in [-0.3, -0.25) is 0 Å². The van der Waals surface area contributed by atoms with E-state index in [1.165, 1.54) is 89.9 Å². The maximum absolute atomic E-state index is 6.42. The van der Waals surface area contributed by atoms with Crippen molar-refractivity contribution in [1.82, 2.24) is 5.32 Å². The van der Waals surface area contributed by atoms with Gasteiger partial charge in [-0.15, -0.1) is 0 Å². The molecule has 1 N–H and O–H groups in total. The minimum atomic E-state index is -0.990. The van der Waals surface area contributed by atoms with Gasteiger partial charge in [0, 0.05) is 0 Å². The molecule has 147 valence electrons. The predicted molar refractivity (Wildman–Crippen MR) is 107 cm³/mol. The fourth-order valence-electron chi connectivity index (χ4n) is 6.32. The van der Waals surface area contributed by atoms with Crippen LogP contribution in [-0.4, -0.2) is 42.4 Å². The van der Waals surface area contributed by atoms with E-state index >= 15 is 0 Å². The summed E-state index contributed by atoms with van der Waals surface area (Å²) in [5.41, 5.74) is 0. The normalized spacial score (nSPS) is 42.2. The predicted octanol–water partition coefficient (Wildman–Crippen LogP) is 5.00. The van der Waals surface area contributed by atoms with Gasteiger partial charge in [-0.1, -0.05) is 0 Å². The first-order valence-electron chi connectivity index (χ1n) is 11.7. The van der Waals surface area contributed by atoms with Gasteiger partial charge in [0.15, 0.2) is 0 Å². The SMILES string of the molecule is CC1CCC2CCCC([O][Ga][O]C3CCC(C4CCCCC4)CC3)C2N1. The van der Waals surface area contributed by atoms with Gasteiger partial charge in [0.1, 0.15) is 0 Å². The molecule has 0 bridgehead atoms. The molecule has 3 saturated carbocycles. The first kappa shape index (κ1) is 19.8. The molecule has 4 unspecified atom stereocenters. The number of piperidine rings is 1. The third kappa shape index (κ3) is 5.11. The van der Waals surface area contributed by atoms with E-state index in [1.54, 1.807) is 0 Å². The van der Waals surface area contributed by atoms with E-state index in [9.17, 15) is 0 Å². The first-order valence-corrected chi connectivity index (χ1v) is 13.7. The van der Waals surface area contributed by atoms with E-state index in [0.717, 1.165) is 17.8 Å². The van der Waals surface area contributed by atoms with E-state index in [4.69, 9.17) is 7.06 Å². The summed E-state index contributed by atoms with van der Waals surface area (Å²) in [6, 6.07) is 1.27. The molecule has 1 radical (unpaired) electrons. The van der Waals surface area contributed by atoms with Crippen LogP contribution in [0.3, 0.4) is 0 Å². The summed E-state index contributed by atoms with van der Waals surface area (Å²) in [6.45, 7) is 2.34. The van der Waals surface area contributed by atoms with Crippen molar-refractivity contribution in [1.29, 1.82) is 0 Å². The van der Waals surface area contributed by atoms with Crippen LogP contribution in [0.4, 0.5) is 0 Å². The Morgan fingerprint density at radius 2 is 1.35 bits per heavy atom. The number of nitrogens with one attached hydrogen (secondary N) is 1. The molecule has 4 atom stereocenters. The fraction of sp³-hybridized carbons (Fsp3) is 1.00. The van der Waals surface area contributed by atoms with E-state index in [1.807, 2.05) is 0 Å². The summed E-state index contributed by atoms with van der Waals surface area (Å²) in [5.74, 6) is 2.90. The standard InChI is InChI=1S/C12H21O.C10H18NO.Ga/c13-12-8-6-11(7-9-12)10-4-2-1-3-5-10;1-7-5-6-8-3-2-4-9(12)10(8)11-7;/h10-12H,1-9H2;7-11H,2-6H2,1H3;/q2*-1;+2. The maximum atomic E-state index is 6.42. The summed E-state index contributed by atoms with van der Waals surface area (Å²) in [5, 5.41) is 3.84. The Balaban J connectivity index is 1.16. The molecule has 0 aromatic heterocycles. The van der Waals surface area contributed by atoms with E-state index in [0.29, 0.717) is 24.3 Å². The zero-order valence-electron chi connectivity index (χ0n) is 16.8. The van der Waals surface area contributed by atoms with Crippen LogP contribution in [0, 0.1) is 17.8 Å². The second kappa shape index (κ2) is 9.82. The number of fused-ring (bicyclic) bond motifs is 1. The third-order valence-corrected chi connectivity index (χ3v) is 9.94. The van der Waals surface area contributed by atoms with Crippen LogP contribution < -0.4 is 5.32 Å². The van der Waals surface area contributed by atoms with Crippen molar-refractivity contribution in [3.8, 4) is 0 Å². The molecule has 4 heteroatoms. The topological polar surface area (TPSA) is 30.5 Å². The Bertz CT molecular complexity index is 420. The average molecular weight is 419 g/mol. The Morgan fingerprint density at radius 1 is 0.654 bits per heavy atom. The summed E-state index contributed by atoms with van der Waals surface area (Å²) in [7, 11) is 0. The van der Waals surface area contributed by atoms with Gasteiger partial charge in [-0.05, 0) is 0 Å². The molecule has 26 heavy (non-hydrogen) atoms. The molecule has 1 heterocycles. The molecule has 1 saturated heterocycles. The number of hydrogen-bond acceptors (Lipinski definition) is 3. The van der Waals surface area contributed by atoms with Gasteiger partial charge in [0.25, 0.3) is 0 Å². The van der Waals surface area contributed by atoms with Crippen molar-refractivity contribution in [3.63, 3.8) is 0 Å². The third-order valence-electron chi connectivity index (χ3n) is 7.93. The summed E-state index contributed by atoms with van der Waals surface area (Å²) in [6.07, 6.45) is 20.6. The van der Waals surface area contributed by atoms with Gasteiger partial charge >= 0.3 is 169 Å². The van der Waals surface area contributed by atoms with Gasteiger partial charge in [0.2, 0.25) is 0 Å². The van der Waals surface area contributed by atoms with E-state index in [-0.39, 0.29) is 0 Å². The van der Waals surface area contributed by atoms with Gasteiger partial charge in [-0.2, -0.15) is 0 Å². The van der Waals surface area contributed by atoms with Gasteiger partial charge in [0.05, 0.1) is 0 Å². The van der Waals surface area contributed by atoms with Crippen molar-refractivity contribution in [3.05, 3.63) is 0 Å². The molecule has 4 fully saturated rings. The van der Waals surface area contributed by atoms with Crippen molar-refractivity contribution < 1.29 is 7.06 Å². The minimum absolute atomic E-state index is 0.440. The fourth-order valence-corrected chi connectivity index (χ4v) is 8.30. The second-order valence-corrected chi connectivity index (χ2v) is 11.2. The van der Waals surface area contributed by atoms with E-state index in [2.05, 4.69) is 12.2 Å². The van der Waals surface area contributed by atoms with Gasteiger partial charge in [-0.25, -0.2) is 0 Å². The Morgan fingerprint density at radius 3 is 2.15 bits per heavy atom. The Kier molecular flexibility index (Phi) is 7.49. The van der Waals surface area contributed by atoms with Crippen molar-refractivity contribution in [2.75, 3.05) is 0 Å². The Labute approximate surface area is 169 Å². The molecule has 4 aliphatic rings. The quantitative estimate of drug-likeness (QED) is 0.637.